The van der Waals surface area contributed by atoms with Crippen molar-refractivity contribution < 1.29 is 19.4 Å². The van der Waals surface area contributed by atoms with Crippen LogP contribution in [0.15, 0.2) is 54.6 Å². The zero-order chi connectivity index (χ0) is 14.5. The SMILES string of the molecule is COc1ccc(C(=O)C(O)C(=O)c2ccccc2)cc1. The molecule has 1 N–H and O–H groups in total. The summed E-state index contributed by atoms with van der Waals surface area (Å²) in [4.78, 5) is 24.0. The molecule has 2 aromatic carbocycles. The van der Waals surface area contributed by atoms with E-state index in [4.69, 9.17) is 4.74 Å². The fourth-order valence-corrected chi connectivity index (χ4v) is 1.79. The first-order valence-corrected chi connectivity index (χ1v) is 6.09. The van der Waals surface area contributed by atoms with Gasteiger partial charge in [0.1, 0.15) is 5.75 Å². The zero-order valence-corrected chi connectivity index (χ0v) is 10.9. The van der Waals surface area contributed by atoms with Crippen LogP contribution in [-0.2, 0) is 0 Å². The van der Waals surface area contributed by atoms with E-state index in [2.05, 4.69) is 0 Å². The first-order valence-electron chi connectivity index (χ1n) is 6.09. The van der Waals surface area contributed by atoms with Gasteiger partial charge in [-0.25, -0.2) is 0 Å². The van der Waals surface area contributed by atoms with E-state index >= 15 is 0 Å². The molecule has 1 unspecified atom stereocenters. The van der Waals surface area contributed by atoms with Crippen molar-refractivity contribution in [2.24, 2.45) is 0 Å². The van der Waals surface area contributed by atoms with Gasteiger partial charge in [-0.15, -0.1) is 0 Å². The van der Waals surface area contributed by atoms with E-state index < -0.39 is 17.7 Å². The highest BCUT2D eigenvalue weighted by Gasteiger charge is 2.25. The van der Waals surface area contributed by atoms with Crippen molar-refractivity contribution in [2.45, 2.75) is 6.10 Å². The number of aliphatic hydroxyl groups excluding tert-OH is 1. The Hall–Kier alpha value is -2.46. The van der Waals surface area contributed by atoms with Crippen molar-refractivity contribution in [3.63, 3.8) is 0 Å². The third-order valence-corrected chi connectivity index (χ3v) is 2.93. The lowest BCUT2D eigenvalue weighted by atomic mass is 9.99. The molecule has 0 fully saturated rings. The molecule has 1 atom stereocenters. The van der Waals surface area contributed by atoms with Crippen LogP contribution in [0.2, 0.25) is 0 Å². The van der Waals surface area contributed by atoms with Crippen LogP contribution in [0.25, 0.3) is 0 Å². The van der Waals surface area contributed by atoms with Gasteiger partial charge in [0.25, 0.3) is 0 Å². The summed E-state index contributed by atoms with van der Waals surface area (Å²) in [6.07, 6.45) is -1.69. The molecule has 0 bridgehead atoms. The minimum atomic E-state index is -1.69. The Kier molecular flexibility index (Phi) is 4.27. The van der Waals surface area contributed by atoms with Gasteiger partial charge in [-0.2, -0.15) is 0 Å². The molecule has 0 amide bonds. The van der Waals surface area contributed by atoms with Gasteiger partial charge in [-0.1, -0.05) is 30.3 Å². The fraction of sp³-hybridized carbons (Fsp3) is 0.125. The van der Waals surface area contributed by atoms with Gasteiger partial charge in [0, 0.05) is 11.1 Å². The first kappa shape index (κ1) is 14.0. The normalized spacial score (nSPS) is 11.7. The molecule has 0 heterocycles. The summed E-state index contributed by atoms with van der Waals surface area (Å²) >= 11 is 0. The van der Waals surface area contributed by atoms with Crippen LogP contribution in [-0.4, -0.2) is 29.9 Å². The van der Waals surface area contributed by atoms with E-state index in [1.165, 1.54) is 19.2 Å². The molecule has 0 aliphatic rings. The third kappa shape index (κ3) is 2.92. The smallest absolute Gasteiger partial charge is 0.199 e. The van der Waals surface area contributed by atoms with Gasteiger partial charge >= 0.3 is 0 Å². The monoisotopic (exact) mass is 270 g/mol. The van der Waals surface area contributed by atoms with E-state index in [0.29, 0.717) is 11.3 Å². The van der Waals surface area contributed by atoms with Gasteiger partial charge in [-0.3, -0.25) is 9.59 Å². The highest BCUT2D eigenvalue weighted by molar-refractivity contribution is 6.18. The van der Waals surface area contributed by atoms with E-state index in [1.54, 1.807) is 42.5 Å². The van der Waals surface area contributed by atoms with Gasteiger partial charge in [0.05, 0.1) is 7.11 Å². The van der Waals surface area contributed by atoms with Gasteiger partial charge in [-0.05, 0) is 24.3 Å². The van der Waals surface area contributed by atoms with Crippen molar-refractivity contribution >= 4 is 11.6 Å². The lowest BCUT2D eigenvalue weighted by Gasteiger charge is -2.09. The summed E-state index contributed by atoms with van der Waals surface area (Å²) in [6.45, 7) is 0. The lowest BCUT2D eigenvalue weighted by Crippen LogP contribution is -2.30. The molecule has 0 spiro atoms. The molecule has 2 aromatic rings. The van der Waals surface area contributed by atoms with Crippen LogP contribution in [0.1, 0.15) is 20.7 Å². The first-order chi connectivity index (χ1) is 9.63. The Bertz CT molecular complexity index is 602. The minimum absolute atomic E-state index is 0.266. The van der Waals surface area contributed by atoms with Gasteiger partial charge < -0.3 is 9.84 Å². The number of Topliss-reactive ketones (excluding diaryl/α,β-unsaturated/α-hetero) is 2. The number of ketones is 2. The Morgan fingerprint density at radius 1 is 0.900 bits per heavy atom. The van der Waals surface area contributed by atoms with E-state index in [1.807, 2.05) is 0 Å². The van der Waals surface area contributed by atoms with Gasteiger partial charge in [0.15, 0.2) is 17.7 Å². The number of hydrogen-bond acceptors (Lipinski definition) is 4. The van der Waals surface area contributed by atoms with Crippen LogP contribution in [0.5, 0.6) is 5.75 Å². The standard InChI is InChI=1S/C16H14O4/c1-20-13-9-7-12(8-10-13)15(18)16(19)14(17)11-5-3-2-4-6-11/h2-10,16,19H,1H3. The zero-order valence-electron chi connectivity index (χ0n) is 10.9. The summed E-state index contributed by atoms with van der Waals surface area (Å²) in [5.41, 5.74) is 0.574. The van der Waals surface area contributed by atoms with Crippen molar-refractivity contribution in [1.82, 2.24) is 0 Å². The van der Waals surface area contributed by atoms with Crippen LogP contribution in [0.3, 0.4) is 0 Å². The average Bonchev–Trinajstić information content (AvgIpc) is 2.53. The molecule has 0 radical (unpaired) electrons. The number of carbonyl (C=O) groups excluding carboxylic acids is 2. The second kappa shape index (κ2) is 6.12. The van der Waals surface area contributed by atoms with Crippen molar-refractivity contribution in [1.29, 1.82) is 0 Å². The summed E-state index contributed by atoms with van der Waals surface area (Å²) < 4.78 is 4.99. The number of ether oxygens (including phenoxy) is 1. The molecule has 0 aromatic heterocycles. The highest BCUT2D eigenvalue weighted by Crippen LogP contribution is 2.14. The van der Waals surface area contributed by atoms with Gasteiger partial charge in [0.2, 0.25) is 0 Å². The molecular weight excluding hydrogens is 256 g/mol. The largest absolute Gasteiger partial charge is 0.497 e. The van der Waals surface area contributed by atoms with Crippen LogP contribution in [0, 0.1) is 0 Å². The Morgan fingerprint density at radius 2 is 1.40 bits per heavy atom. The molecule has 0 saturated heterocycles. The summed E-state index contributed by atoms with van der Waals surface area (Å²) in [5.74, 6) is -0.627. The number of carbonyl (C=O) groups is 2. The Labute approximate surface area is 116 Å². The quantitative estimate of drug-likeness (QED) is 0.667. The van der Waals surface area contributed by atoms with Crippen LogP contribution >= 0.6 is 0 Å². The Balaban J connectivity index is 2.17. The third-order valence-electron chi connectivity index (χ3n) is 2.93. The van der Waals surface area contributed by atoms with Crippen molar-refractivity contribution in [3.8, 4) is 5.75 Å². The second-order valence-corrected chi connectivity index (χ2v) is 4.23. The number of methoxy groups -OCH3 is 1. The lowest BCUT2D eigenvalue weighted by molar-refractivity contribution is 0.0628. The minimum Gasteiger partial charge on any atom is -0.497 e. The van der Waals surface area contributed by atoms with Crippen LogP contribution in [0.4, 0.5) is 0 Å². The second-order valence-electron chi connectivity index (χ2n) is 4.23. The van der Waals surface area contributed by atoms with E-state index in [0.717, 1.165) is 0 Å². The molecule has 4 nitrogen and oxygen atoms in total. The highest BCUT2D eigenvalue weighted by atomic mass is 16.5. The van der Waals surface area contributed by atoms with Crippen molar-refractivity contribution in [2.75, 3.05) is 7.11 Å². The summed E-state index contributed by atoms with van der Waals surface area (Å²) in [6, 6.07) is 14.5. The number of hydrogen-bond donors (Lipinski definition) is 1. The van der Waals surface area contributed by atoms with E-state index in [-0.39, 0.29) is 5.56 Å². The average molecular weight is 270 g/mol. The Morgan fingerprint density at radius 3 is 1.90 bits per heavy atom. The maximum absolute atomic E-state index is 12.0. The molecule has 4 heteroatoms. The molecule has 0 aliphatic heterocycles. The predicted molar refractivity (Wildman–Crippen MR) is 74.1 cm³/mol. The number of rotatable bonds is 5. The molecule has 20 heavy (non-hydrogen) atoms. The molecule has 0 saturated carbocycles. The summed E-state index contributed by atoms with van der Waals surface area (Å²) in [7, 11) is 1.52. The summed E-state index contributed by atoms with van der Waals surface area (Å²) in [5, 5.41) is 9.89. The molecule has 0 aliphatic carbocycles. The maximum Gasteiger partial charge on any atom is 0.199 e. The molecule has 2 rings (SSSR count). The predicted octanol–water partition coefficient (Wildman–Crippen LogP) is 2.12. The number of aliphatic hydroxyl groups is 1. The topological polar surface area (TPSA) is 63.6 Å². The molecule has 102 valence electrons. The number of benzene rings is 2. The van der Waals surface area contributed by atoms with E-state index in [9.17, 15) is 14.7 Å². The maximum atomic E-state index is 12.0. The molecular formula is C16H14O4. The van der Waals surface area contributed by atoms with Crippen molar-refractivity contribution in [3.05, 3.63) is 65.7 Å². The fourth-order valence-electron chi connectivity index (χ4n) is 1.79. The van der Waals surface area contributed by atoms with Crippen LogP contribution < -0.4 is 4.74 Å².